The number of anilines is 1. The first-order valence-corrected chi connectivity index (χ1v) is 7.05. The number of rotatable bonds is 7. The summed E-state index contributed by atoms with van der Waals surface area (Å²) in [6.45, 7) is 5.03. The molecule has 2 aromatic rings. The monoisotopic (exact) mass is 288 g/mol. The first-order chi connectivity index (χ1) is 10.1. The maximum Gasteiger partial charge on any atom is 0.247 e. The Kier molecular flexibility index (Phi) is 5.45. The number of nitrogens with zero attached hydrogens (tertiary/aromatic N) is 2. The maximum absolute atomic E-state index is 11.8. The molecular formula is C15H20N4O2. The van der Waals surface area contributed by atoms with Crippen molar-refractivity contribution in [2.24, 2.45) is 0 Å². The number of hydrogen-bond donors (Lipinski definition) is 2. The zero-order chi connectivity index (χ0) is 15.1. The molecule has 112 valence electrons. The Balaban J connectivity index is 1.79. The van der Waals surface area contributed by atoms with E-state index in [1.807, 2.05) is 24.3 Å². The van der Waals surface area contributed by atoms with E-state index in [1.165, 1.54) is 6.39 Å². The second-order valence-electron chi connectivity index (χ2n) is 5.08. The number of amides is 1. The predicted molar refractivity (Wildman–Crippen MR) is 80.7 cm³/mol. The molecule has 21 heavy (non-hydrogen) atoms. The van der Waals surface area contributed by atoms with Gasteiger partial charge in [0.05, 0.1) is 0 Å². The standard InChI is InChI=1S/C15H20N4O2/c1-11(2)16-9-3-4-14(20)18-13-7-5-12(6-8-13)15-19-17-10-21-15/h5-8,10-11,16H,3-4,9H2,1-2H3,(H,18,20). The minimum atomic E-state index is 0.0195. The van der Waals surface area contributed by atoms with E-state index in [-0.39, 0.29) is 5.91 Å². The molecule has 0 fully saturated rings. The average molecular weight is 288 g/mol. The molecule has 1 amide bonds. The zero-order valence-corrected chi connectivity index (χ0v) is 12.3. The smallest absolute Gasteiger partial charge is 0.247 e. The summed E-state index contributed by atoms with van der Waals surface area (Å²) in [5.41, 5.74) is 1.59. The molecule has 0 radical (unpaired) electrons. The largest absolute Gasteiger partial charge is 0.423 e. The zero-order valence-electron chi connectivity index (χ0n) is 12.3. The summed E-state index contributed by atoms with van der Waals surface area (Å²) in [6, 6.07) is 7.77. The highest BCUT2D eigenvalue weighted by molar-refractivity contribution is 5.90. The molecule has 0 aliphatic carbocycles. The van der Waals surface area contributed by atoms with Crippen LogP contribution in [0.25, 0.3) is 11.5 Å². The minimum absolute atomic E-state index is 0.0195. The van der Waals surface area contributed by atoms with E-state index in [2.05, 4.69) is 34.7 Å². The van der Waals surface area contributed by atoms with Crippen LogP contribution in [0.5, 0.6) is 0 Å². The van der Waals surface area contributed by atoms with Crippen molar-refractivity contribution in [2.45, 2.75) is 32.7 Å². The number of carbonyl (C=O) groups is 1. The van der Waals surface area contributed by atoms with E-state index in [9.17, 15) is 4.79 Å². The molecule has 0 bridgehead atoms. The lowest BCUT2D eigenvalue weighted by molar-refractivity contribution is -0.116. The van der Waals surface area contributed by atoms with Crippen molar-refractivity contribution in [2.75, 3.05) is 11.9 Å². The SMILES string of the molecule is CC(C)NCCCC(=O)Nc1ccc(-c2nnco2)cc1. The number of carbonyl (C=O) groups excluding carboxylic acids is 1. The van der Waals surface area contributed by atoms with Gasteiger partial charge in [-0.2, -0.15) is 0 Å². The number of aromatic nitrogens is 2. The normalized spacial score (nSPS) is 10.8. The summed E-state index contributed by atoms with van der Waals surface area (Å²) in [5.74, 6) is 0.485. The number of benzene rings is 1. The third-order valence-corrected chi connectivity index (χ3v) is 2.91. The Morgan fingerprint density at radius 3 is 2.67 bits per heavy atom. The van der Waals surface area contributed by atoms with E-state index >= 15 is 0 Å². The van der Waals surface area contributed by atoms with Crippen LogP contribution in [0.3, 0.4) is 0 Å². The second-order valence-corrected chi connectivity index (χ2v) is 5.08. The van der Waals surface area contributed by atoms with E-state index in [4.69, 9.17) is 4.42 Å². The van der Waals surface area contributed by atoms with Crippen molar-refractivity contribution in [1.82, 2.24) is 15.5 Å². The van der Waals surface area contributed by atoms with Crippen LogP contribution in [-0.4, -0.2) is 28.7 Å². The van der Waals surface area contributed by atoms with Gasteiger partial charge >= 0.3 is 0 Å². The highest BCUT2D eigenvalue weighted by Crippen LogP contribution is 2.18. The Hall–Kier alpha value is -2.21. The minimum Gasteiger partial charge on any atom is -0.423 e. The molecule has 1 aromatic carbocycles. The summed E-state index contributed by atoms with van der Waals surface area (Å²) >= 11 is 0. The third-order valence-electron chi connectivity index (χ3n) is 2.91. The van der Waals surface area contributed by atoms with Crippen molar-refractivity contribution >= 4 is 11.6 Å². The Morgan fingerprint density at radius 2 is 2.05 bits per heavy atom. The van der Waals surface area contributed by atoms with Crippen molar-refractivity contribution in [3.05, 3.63) is 30.7 Å². The van der Waals surface area contributed by atoms with Gasteiger partial charge in [0.2, 0.25) is 18.2 Å². The lowest BCUT2D eigenvalue weighted by Crippen LogP contribution is -2.24. The quantitative estimate of drug-likeness (QED) is 0.765. The summed E-state index contributed by atoms with van der Waals surface area (Å²) in [7, 11) is 0. The molecule has 0 aliphatic heterocycles. The molecule has 0 saturated carbocycles. The van der Waals surface area contributed by atoms with Gasteiger partial charge in [0, 0.05) is 23.7 Å². The van der Waals surface area contributed by atoms with Crippen molar-refractivity contribution in [1.29, 1.82) is 0 Å². The fraction of sp³-hybridized carbons (Fsp3) is 0.400. The number of hydrogen-bond acceptors (Lipinski definition) is 5. The molecule has 2 N–H and O–H groups in total. The topological polar surface area (TPSA) is 80.0 Å². The van der Waals surface area contributed by atoms with E-state index < -0.39 is 0 Å². The first kappa shape index (κ1) is 15.2. The molecule has 6 nitrogen and oxygen atoms in total. The first-order valence-electron chi connectivity index (χ1n) is 7.05. The fourth-order valence-electron chi connectivity index (χ4n) is 1.86. The van der Waals surface area contributed by atoms with Gasteiger partial charge in [0.1, 0.15) is 0 Å². The van der Waals surface area contributed by atoms with E-state index in [0.29, 0.717) is 18.4 Å². The van der Waals surface area contributed by atoms with E-state index in [0.717, 1.165) is 24.2 Å². The Morgan fingerprint density at radius 1 is 1.29 bits per heavy atom. The predicted octanol–water partition coefficient (Wildman–Crippen LogP) is 2.45. The second kappa shape index (κ2) is 7.54. The molecular weight excluding hydrogens is 268 g/mol. The molecule has 1 heterocycles. The summed E-state index contributed by atoms with van der Waals surface area (Å²) < 4.78 is 5.11. The third kappa shape index (κ3) is 5.00. The number of nitrogens with one attached hydrogen (secondary N) is 2. The van der Waals surface area contributed by atoms with Gasteiger partial charge in [-0.1, -0.05) is 13.8 Å². The van der Waals surface area contributed by atoms with Gasteiger partial charge in [0.15, 0.2) is 0 Å². The van der Waals surface area contributed by atoms with Crippen LogP contribution in [0.2, 0.25) is 0 Å². The summed E-state index contributed by atoms with van der Waals surface area (Å²) in [4.78, 5) is 11.8. The maximum atomic E-state index is 11.8. The highest BCUT2D eigenvalue weighted by atomic mass is 16.4. The fourth-order valence-corrected chi connectivity index (χ4v) is 1.86. The van der Waals surface area contributed by atoms with Crippen LogP contribution in [0.15, 0.2) is 35.1 Å². The Labute approximate surface area is 124 Å². The van der Waals surface area contributed by atoms with Crippen molar-refractivity contribution < 1.29 is 9.21 Å². The lowest BCUT2D eigenvalue weighted by atomic mass is 10.2. The molecule has 1 aromatic heterocycles. The van der Waals surface area contributed by atoms with Crippen LogP contribution in [-0.2, 0) is 4.79 Å². The van der Waals surface area contributed by atoms with Crippen molar-refractivity contribution in [3.8, 4) is 11.5 Å². The molecule has 2 rings (SSSR count). The van der Waals surface area contributed by atoms with Crippen LogP contribution in [0.1, 0.15) is 26.7 Å². The lowest BCUT2D eigenvalue weighted by Gasteiger charge is -2.08. The molecule has 0 unspecified atom stereocenters. The molecule has 0 spiro atoms. The van der Waals surface area contributed by atoms with Crippen LogP contribution < -0.4 is 10.6 Å². The Bertz CT molecular complexity index is 550. The molecule has 6 heteroatoms. The molecule has 0 aliphatic rings. The molecule has 0 atom stereocenters. The van der Waals surface area contributed by atoms with Gasteiger partial charge in [-0.25, -0.2) is 0 Å². The van der Waals surface area contributed by atoms with Crippen LogP contribution in [0.4, 0.5) is 5.69 Å². The van der Waals surface area contributed by atoms with Gasteiger partial charge in [-0.05, 0) is 37.2 Å². The van der Waals surface area contributed by atoms with Crippen LogP contribution >= 0.6 is 0 Å². The van der Waals surface area contributed by atoms with Gasteiger partial charge < -0.3 is 15.1 Å². The summed E-state index contributed by atoms with van der Waals surface area (Å²) in [6.07, 6.45) is 2.62. The van der Waals surface area contributed by atoms with Crippen molar-refractivity contribution in [3.63, 3.8) is 0 Å². The molecule has 0 saturated heterocycles. The summed E-state index contributed by atoms with van der Waals surface area (Å²) in [5, 5.41) is 13.6. The average Bonchev–Trinajstić information content (AvgIpc) is 2.98. The van der Waals surface area contributed by atoms with E-state index in [1.54, 1.807) is 0 Å². The van der Waals surface area contributed by atoms with Gasteiger partial charge in [-0.3, -0.25) is 4.79 Å². The van der Waals surface area contributed by atoms with Gasteiger partial charge in [-0.15, -0.1) is 10.2 Å². The highest BCUT2D eigenvalue weighted by Gasteiger charge is 2.05. The van der Waals surface area contributed by atoms with Gasteiger partial charge in [0.25, 0.3) is 0 Å². The van der Waals surface area contributed by atoms with Crippen LogP contribution in [0, 0.1) is 0 Å².